The van der Waals surface area contributed by atoms with Crippen LogP contribution in [0.5, 0.6) is 0 Å². The zero-order valence-corrected chi connectivity index (χ0v) is 14.0. The van der Waals surface area contributed by atoms with Crippen LogP contribution in [0.2, 0.25) is 0 Å². The van der Waals surface area contributed by atoms with Crippen molar-refractivity contribution in [2.75, 3.05) is 12.3 Å². The average molecular weight is 299 g/mol. The van der Waals surface area contributed by atoms with Crippen molar-refractivity contribution in [3.63, 3.8) is 0 Å². The van der Waals surface area contributed by atoms with E-state index in [1.807, 2.05) is 11.8 Å². The molecule has 2 rings (SSSR count). The van der Waals surface area contributed by atoms with E-state index < -0.39 is 0 Å². The molecule has 0 aromatic heterocycles. The highest BCUT2D eigenvalue weighted by molar-refractivity contribution is 7.99. The number of benzene rings is 2. The van der Waals surface area contributed by atoms with Crippen LogP contribution in [0.15, 0.2) is 53.4 Å². The molecule has 0 aliphatic heterocycles. The molecule has 0 fully saturated rings. The summed E-state index contributed by atoms with van der Waals surface area (Å²) in [5.74, 6) is 1.06. The molecule has 0 amide bonds. The molecule has 2 heteroatoms. The third-order valence-corrected chi connectivity index (χ3v) is 4.85. The summed E-state index contributed by atoms with van der Waals surface area (Å²) in [6.07, 6.45) is 1.16. The van der Waals surface area contributed by atoms with Crippen molar-refractivity contribution < 1.29 is 0 Å². The number of thioether (sulfide) groups is 1. The van der Waals surface area contributed by atoms with E-state index in [0.717, 1.165) is 18.7 Å². The molecule has 0 spiro atoms. The van der Waals surface area contributed by atoms with Crippen molar-refractivity contribution in [3.05, 3.63) is 65.2 Å². The fourth-order valence-electron chi connectivity index (χ4n) is 2.41. The van der Waals surface area contributed by atoms with Gasteiger partial charge in [-0.15, -0.1) is 11.8 Å². The van der Waals surface area contributed by atoms with Gasteiger partial charge >= 0.3 is 0 Å². The molecule has 1 unspecified atom stereocenters. The van der Waals surface area contributed by atoms with Crippen molar-refractivity contribution >= 4 is 11.8 Å². The van der Waals surface area contributed by atoms with Crippen molar-refractivity contribution in [2.45, 2.75) is 38.1 Å². The van der Waals surface area contributed by atoms with Gasteiger partial charge in [0.2, 0.25) is 0 Å². The van der Waals surface area contributed by atoms with E-state index >= 15 is 0 Å². The van der Waals surface area contributed by atoms with Gasteiger partial charge in [-0.25, -0.2) is 0 Å². The molecule has 2 aromatic carbocycles. The quantitative estimate of drug-likeness (QED) is 0.711. The fraction of sp³-hybridized carbons (Fsp3) is 0.368. The highest BCUT2D eigenvalue weighted by atomic mass is 32.2. The summed E-state index contributed by atoms with van der Waals surface area (Å²) < 4.78 is 0. The Morgan fingerprint density at radius 2 is 1.81 bits per heavy atom. The summed E-state index contributed by atoms with van der Waals surface area (Å²) in [5, 5.41) is 3.67. The van der Waals surface area contributed by atoms with Gasteiger partial charge in [0.05, 0.1) is 0 Å². The Morgan fingerprint density at radius 3 is 2.48 bits per heavy atom. The van der Waals surface area contributed by atoms with Gasteiger partial charge in [-0.3, -0.25) is 0 Å². The van der Waals surface area contributed by atoms with Gasteiger partial charge in [0.15, 0.2) is 0 Å². The van der Waals surface area contributed by atoms with Crippen LogP contribution in [0.3, 0.4) is 0 Å². The molecule has 0 aliphatic rings. The van der Waals surface area contributed by atoms with Gasteiger partial charge in [-0.1, -0.05) is 55.0 Å². The lowest BCUT2D eigenvalue weighted by molar-refractivity contribution is 0.577. The Bertz CT molecular complexity index is 551. The SMILES string of the molecule is CCCNC(CSc1ccc(C)cc1C)c1ccccc1. The first kappa shape index (κ1) is 16.1. The predicted molar refractivity (Wildman–Crippen MR) is 94.1 cm³/mol. The first-order valence-electron chi connectivity index (χ1n) is 7.69. The first-order valence-corrected chi connectivity index (χ1v) is 8.67. The summed E-state index contributed by atoms with van der Waals surface area (Å²) in [4.78, 5) is 1.39. The van der Waals surface area contributed by atoms with Crippen LogP contribution >= 0.6 is 11.8 Å². The molecule has 112 valence electrons. The largest absolute Gasteiger partial charge is 0.309 e. The van der Waals surface area contributed by atoms with Crippen LogP contribution in [-0.2, 0) is 0 Å². The standard InChI is InChI=1S/C19H25NS/c1-4-12-20-18(17-8-6-5-7-9-17)14-21-19-11-10-15(2)13-16(19)3/h5-11,13,18,20H,4,12,14H2,1-3H3. The van der Waals surface area contributed by atoms with Crippen molar-refractivity contribution in [2.24, 2.45) is 0 Å². The number of nitrogens with one attached hydrogen (secondary N) is 1. The third-order valence-electron chi connectivity index (χ3n) is 3.58. The number of rotatable bonds is 7. The molecule has 0 bridgehead atoms. The Kier molecular flexibility index (Phi) is 6.34. The summed E-state index contributed by atoms with van der Waals surface area (Å²) in [6.45, 7) is 7.63. The predicted octanol–water partition coefficient (Wildman–Crippen LogP) is 5.14. The molecule has 0 aliphatic carbocycles. The van der Waals surface area contributed by atoms with Crippen molar-refractivity contribution in [1.29, 1.82) is 0 Å². The minimum atomic E-state index is 0.414. The minimum absolute atomic E-state index is 0.414. The van der Waals surface area contributed by atoms with Gasteiger partial charge in [0.25, 0.3) is 0 Å². The van der Waals surface area contributed by atoms with Gasteiger partial charge < -0.3 is 5.32 Å². The lowest BCUT2D eigenvalue weighted by Crippen LogP contribution is -2.24. The highest BCUT2D eigenvalue weighted by Gasteiger charge is 2.11. The van der Waals surface area contributed by atoms with Crippen LogP contribution < -0.4 is 5.32 Å². The summed E-state index contributed by atoms with van der Waals surface area (Å²) in [5.41, 5.74) is 4.09. The van der Waals surface area contributed by atoms with E-state index in [-0.39, 0.29) is 0 Å². The van der Waals surface area contributed by atoms with Gasteiger partial charge in [0, 0.05) is 16.7 Å². The lowest BCUT2D eigenvalue weighted by Gasteiger charge is -2.19. The number of hydrogen-bond acceptors (Lipinski definition) is 2. The zero-order chi connectivity index (χ0) is 15.1. The van der Waals surface area contributed by atoms with E-state index in [1.165, 1.54) is 21.6 Å². The molecule has 0 radical (unpaired) electrons. The second-order valence-electron chi connectivity index (χ2n) is 5.50. The Labute approximate surface area is 133 Å². The highest BCUT2D eigenvalue weighted by Crippen LogP contribution is 2.27. The van der Waals surface area contributed by atoms with E-state index in [2.05, 4.69) is 74.6 Å². The first-order chi connectivity index (χ1) is 10.2. The molecular weight excluding hydrogens is 274 g/mol. The Balaban J connectivity index is 2.05. The maximum Gasteiger partial charge on any atom is 0.0415 e. The summed E-state index contributed by atoms with van der Waals surface area (Å²) in [7, 11) is 0. The molecule has 0 saturated carbocycles. The average Bonchev–Trinajstić information content (AvgIpc) is 2.50. The van der Waals surface area contributed by atoms with Crippen LogP contribution in [-0.4, -0.2) is 12.3 Å². The zero-order valence-electron chi connectivity index (χ0n) is 13.2. The monoisotopic (exact) mass is 299 g/mol. The summed E-state index contributed by atoms with van der Waals surface area (Å²) >= 11 is 1.95. The number of hydrogen-bond donors (Lipinski definition) is 1. The maximum atomic E-state index is 3.67. The van der Waals surface area contributed by atoms with E-state index in [1.54, 1.807) is 0 Å². The minimum Gasteiger partial charge on any atom is -0.309 e. The fourth-order valence-corrected chi connectivity index (χ4v) is 3.52. The van der Waals surface area contributed by atoms with Crippen LogP contribution in [0, 0.1) is 13.8 Å². The van der Waals surface area contributed by atoms with Crippen molar-refractivity contribution in [1.82, 2.24) is 5.32 Å². The molecule has 1 atom stereocenters. The van der Waals surface area contributed by atoms with Crippen molar-refractivity contribution in [3.8, 4) is 0 Å². The topological polar surface area (TPSA) is 12.0 Å². The van der Waals surface area contributed by atoms with Gasteiger partial charge in [-0.05, 0) is 44.0 Å². The molecule has 0 saturated heterocycles. The smallest absolute Gasteiger partial charge is 0.0415 e. The van der Waals surface area contributed by atoms with Gasteiger partial charge in [-0.2, -0.15) is 0 Å². The van der Waals surface area contributed by atoms with Crippen LogP contribution in [0.4, 0.5) is 0 Å². The molecule has 1 nitrogen and oxygen atoms in total. The lowest BCUT2D eigenvalue weighted by atomic mass is 10.1. The molecule has 2 aromatic rings. The normalized spacial score (nSPS) is 12.3. The second kappa shape index (κ2) is 8.26. The van der Waals surface area contributed by atoms with E-state index in [9.17, 15) is 0 Å². The number of aryl methyl sites for hydroxylation is 2. The maximum absolute atomic E-state index is 3.67. The Hall–Kier alpha value is -1.25. The Morgan fingerprint density at radius 1 is 1.05 bits per heavy atom. The molecule has 21 heavy (non-hydrogen) atoms. The third kappa shape index (κ3) is 4.90. The molecule has 1 N–H and O–H groups in total. The molecule has 0 heterocycles. The molecular formula is C19H25NS. The van der Waals surface area contributed by atoms with Crippen LogP contribution in [0.1, 0.15) is 36.1 Å². The summed E-state index contributed by atoms with van der Waals surface area (Å²) in [6, 6.07) is 17.9. The van der Waals surface area contributed by atoms with Gasteiger partial charge in [0.1, 0.15) is 0 Å². The van der Waals surface area contributed by atoms with Crippen LogP contribution in [0.25, 0.3) is 0 Å². The second-order valence-corrected chi connectivity index (χ2v) is 6.56. The van der Waals surface area contributed by atoms with E-state index in [4.69, 9.17) is 0 Å². The van der Waals surface area contributed by atoms with E-state index in [0.29, 0.717) is 6.04 Å².